The first kappa shape index (κ1) is 26.8. The van der Waals surface area contributed by atoms with Crippen molar-refractivity contribution in [2.24, 2.45) is 5.73 Å². The Bertz CT molecular complexity index is 1640. The summed E-state index contributed by atoms with van der Waals surface area (Å²) in [4.78, 5) is 42.3. The maximum atomic E-state index is 14.2. The van der Waals surface area contributed by atoms with Crippen LogP contribution >= 0.6 is 0 Å². The molecule has 1 unspecified atom stereocenters. The highest BCUT2D eigenvalue weighted by atomic mass is 19.1. The van der Waals surface area contributed by atoms with E-state index in [2.05, 4.69) is 10.3 Å². The van der Waals surface area contributed by atoms with Crippen molar-refractivity contribution in [2.45, 2.75) is 31.1 Å². The zero-order chi connectivity index (χ0) is 28.4. The van der Waals surface area contributed by atoms with Crippen LogP contribution in [-0.2, 0) is 16.0 Å². The van der Waals surface area contributed by atoms with E-state index in [9.17, 15) is 27.6 Å². The Kier molecular flexibility index (Phi) is 7.46. The maximum Gasteiger partial charge on any atom is 0.251 e. The van der Waals surface area contributed by atoms with Gasteiger partial charge in [-0.15, -0.1) is 0 Å². The molecule has 1 aliphatic rings. The van der Waals surface area contributed by atoms with E-state index in [-0.39, 0.29) is 36.5 Å². The fourth-order valence-corrected chi connectivity index (χ4v) is 5.17. The molecule has 5 rings (SSSR count). The zero-order valence-electron chi connectivity index (χ0n) is 21.2. The molecule has 2 heterocycles. The first-order valence-electron chi connectivity index (χ1n) is 12.6. The summed E-state index contributed by atoms with van der Waals surface area (Å²) in [6.07, 6.45) is 1.56. The number of amides is 2. The normalized spacial score (nSPS) is 14.9. The van der Waals surface area contributed by atoms with Crippen LogP contribution in [0.15, 0.2) is 79.0 Å². The van der Waals surface area contributed by atoms with Crippen LogP contribution in [-0.4, -0.2) is 22.6 Å². The van der Waals surface area contributed by atoms with Crippen molar-refractivity contribution >= 4 is 23.3 Å². The third-order valence-corrected chi connectivity index (χ3v) is 7.01. The van der Waals surface area contributed by atoms with E-state index in [1.165, 1.54) is 42.5 Å². The number of hydrogen-bond donors (Lipinski definition) is 2. The van der Waals surface area contributed by atoms with Gasteiger partial charge < -0.3 is 11.1 Å². The molecule has 1 aromatic heterocycles. The minimum Gasteiger partial charge on any atom is -0.366 e. The van der Waals surface area contributed by atoms with E-state index < -0.39 is 35.2 Å². The van der Waals surface area contributed by atoms with Gasteiger partial charge in [0.05, 0.1) is 17.2 Å². The van der Waals surface area contributed by atoms with Crippen LogP contribution in [0.5, 0.6) is 0 Å². The molecule has 0 saturated heterocycles. The van der Waals surface area contributed by atoms with Crippen molar-refractivity contribution in [3.8, 4) is 11.1 Å². The fraction of sp³-hybridized carbons (Fsp3) is 0.161. The molecule has 40 heavy (non-hydrogen) atoms. The number of nitrogens with one attached hydrogen (secondary N) is 1. The van der Waals surface area contributed by atoms with Crippen molar-refractivity contribution in [3.63, 3.8) is 0 Å². The van der Waals surface area contributed by atoms with Crippen LogP contribution in [0, 0.1) is 17.5 Å². The summed E-state index contributed by atoms with van der Waals surface area (Å²) < 4.78 is 42.1. The summed E-state index contributed by atoms with van der Waals surface area (Å²) in [7, 11) is 0. The molecular formula is C31H24F3N3O3. The van der Waals surface area contributed by atoms with Gasteiger partial charge in [-0.3, -0.25) is 19.4 Å². The van der Waals surface area contributed by atoms with Gasteiger partial charge >= 0.3 is 0 Å². The number of halogens is 3. The van der Waals surface area contributed by atoms with Crippen LogP contribution < -0.4 is 11.1 Å². The molecule has 202 valence electrons. The smallest absolute Gasteiger partial charge is 0.251 e. The molecular weight excluding hydrogens is 519 g/mol. The molecule has 3 aromatic carbocycles. The van der Waals surface area contributed by atoms with Gasteiger partial charge in [-0.25, -0.2) is 13.2 Å². The summed E-state index contributed by atoms with van der Waals surface area (Å²) in [5.41, 5.74) is 8.05. The predicted octanol–water partition coefficient (Wildman–Crippen LogP) is 5.68. The van der Waals surface area contributed by atoms with Gasteiger partial charge in [-0.05, 0) is 71.6 Å². The molecule has 4 aromatic rings. The van der Waals surface area contributed by atoms with Gasteiger partial charge in [0.1, 0.15) is 23.2 Å². The number of carbonyl (C=O) groups excluding carboxylic acids is 3. The highest BCUT2D eigenvalue weighted by Gasteiger charge is 2.33. The number of fused-ring (bicyclic) bond motifs is 1. The number of benzene rings is 3. The van der Waals surface area contributed by atoms with Crippen molar-refractivity contribution in [1.82, 2.24) is 4.98 Å². The largest absolute Gasteiger partial charge is 0.366 e. The molecule has 0 aliphatic carbocycles. The van der Waals surface area contributed by atoms with Crippen molar-refractivity contribution in [1.29, 1.82) is 0 Å². The predicted molar refractivity (Wildman–Crippen MR) is 143 cm³/mol. The number of carbonyl (C=O) groups is 3. The lowest BCUT2D eigenvalue weighted by Crippen LogP contribution is -2.19. The standard InChI is InChI=1S/C31H24F3N3O3/c32-20-4-1-3-17(12-20)11-19(13-22(38)16-25-24-15-21(33)7-9-28(24)37-31(25)40)29-23(5-2-10-36-29)18-6-8-27(34)26(14-18)30(35)39/h1-10,12,14-15,19,25H,11,13,16H2,(H2,35,39)(H,37,40)/t19-,25?/m1/s1. The average molecular weight is 544 g/mol. The lowest BCUT2D eigenvalue weighted by Gasteiger charge is -2.20. The summed E-state index contributed by atoms with van der Waals surface area (Å²) in [5, 5.41) is 2.68. The van der Waals surface area contributed by atoms with Crippen LogP contribution in [0.2, 0.25) is 0 Å². The Hall–Kier alpha value is -4.79. The minimum absolute atomic E-state index is 0.0567. The first-order chi connectivity index (χ1) is 19.2. The number of pyridine rings is 1. The molecule has 9 heteroatoms. The number of Topliss-reactive ketones (excluding diaryl/α,β-unsaturated/α-hetero) is 1. The Labute approximate surface area is 228 Å². The molecule has 0 bridgehead atoms. The van der Waals surface area contributed by atoms with Crippen LogP contribution in [0.25, 0.3) is 11.1 Å². The van der Waals surface area contributed by atoms with Crippen molar-refractivity contribution in [2.75, 3.05) is 5.32 Å². The van der Waals surface area contributed by atoms with Gasteiger partial charge in [-0.1, -0.05) is 24.3 Å². The van der Waals surface area contributed by atoms with Crippen molar-refractivity contribution < 1.29 is 27.6 Å². The Morgan fingerprint density at radius 2 is 1.75 bits per heavy atom. The van der Waals surface area contributed by atoms with Crippen LogP contribution in [0.1, 0.15) is 51.9 Å². The number of rotatable bonds is 9. The number of anilines is 1. The quantitative estimate of drug-likeness (QED) is 0.284. The Morgan fingerprint density at radius 3 is 2.52 bits per heavy atom. The van der Waals surface area contributed by atoms with Crippen LogP contribution in [0.3, 0.4) is 0 Å². The number of nitrogens with zero attached hydrogens (tertiary/aromatic N) is 1. The number of ketones is 1. The molecule has 6 nitrogen and oxygen atoms in total. The molecule has 3 N–H and O–H groups in total. The average Bonchev–Trinajstić information content (AvgIpc) is 3.22. The van der Waals surface area contributed by atoms with Gasteiger partial charge in [0.15, 0.2) is 0 Å². The monoisotopic (exact) mass is 543 g/mol. The highest BCUT2D eigenvalue weighted by molar-refractivity contribution is 6.05. The molecule has 2 atom stereocenters. The topological polar surface area (TPSA) is 102 Å². The van der Waals surface area contributed by atoms with Gasteiger partial charge in [0, 0.05) is 36.2 Å². The fourth-order valence-electron chi connectivity index (χ4n) is 5.17. The maximum absolute atomic E-state index is 14.2. The Morgan fingerprint density at radius 1 is 0.950 bits per heavy atom. The van der Waals surface area contributed by atoms with Gasteiger partial charge in [0.2, 0.25) is 5.91 Å². The first-order valence-corrected chi connectivity index (χ1v) is 12.6. The lowest BCUT2D eigenvalue weighted by atomic mass is 9.84. The van der Waals surface area contributed by atoms with E-state index >= 15 is 0 Å². The second-order valence-electron chi connectivity index (χ2n) is 9.75. The second-order valence-corrected chi connectivity index (χ2v) is 9.75. The molecule has 0 saturated carbocycles. The molecule has 0 fully saturated rings. The van der Waals surface area contributed by atoms with E-state index in [0.29, 0.717) is 33.6 Å². The summed E-state index contributed by atoms with van der Waals surface area (Å²) in [5.74, 6) is -4.70. The van der Waals surface area contributed by atoms with Crippen LogP contribution in [0.4, 0.5) is 18.9 Å². The van der Waals surface area contributed by atoms with E-state index in [1.807, 2.05) is 0 Å². The summed E-state index contributed by atoms with van der Waals surface area (Å²) in [6.45, 7) is 0. The SMILES string of the molecule is NC(=O)c1cc(-c2cccnc2[C@@H](CC(=O)CC2C(=O)Nc3ccc(F)cc32)Cc2cccc(F)c2)ccc1F. The lowest BCUT2D eigenvalue weighted by molar-refractivity contribution is -0.124. The van der Waals surface area contributed by atoms with Gasteiger partial charge in [0.25, 0.3) is 5.91 Å². The summed E-state index contributed by atoms with van der Waals surface area (Å²) in [6, 6.07) is 17.3. The minimum atomic E-state index is -0.928. The summed E-state index contributed by atoms with van der Waals surface area (Å²) >= 11 is 0. The number of primary amides is 1. The van der Waals surface area contributed by atoms with E-state index in [0.717, 1.165) is 6.07 Å². The molecule has 1 aliphatic heterocycles. The highest BCUT2D eigenvalue weighted by Crippen LogP contribution is 2.38. The van der Waals surface area contributed by atoms with E-state index in [1.54, 1.807) is 30.5 Å². The van der Waals surface area contributed by atoms with Crippen molar-refractivity contribution in [3.05, 3.63) is 119 Å². The van der Waals surface area contributed by atoms with Gasteiger partial charge in [-0.2, -0.15) is 0 Å². The zero-order valence-corrected chi connectivity index (χ0v) is 21.2. The number of aromatic nitrogens is 1. The van der Waals surface area contributed by atoms with E-state index in [4.69, 9.17) is 5.73 Å². The number of hydrogen-bond acceptors (Lipinski definition) is 4. The third kappa shape index (κ3) is 5.63. The molecule has 2 amide bonds. The third-order valence-electron chi connectivity index (χ3n) is 7.01. The second kappa shape index (κ2) is 11.1. The Balaban J connectivity index is 1.50. The molecule has 0 spiro atoms. The molecule has 0 radical (unpaired) electrons. The number of nitrogens with two attached hydrogens (primary N) is 1.